The van der Waals surface area contributed by atoms with E-state index in [1.165, 1.54) is 0 Å². The molecule has 2 N–H and O–H groups in total. The molecule has 0 saturated carbocycles. The normalized spacial score (nSPS) is 7.83. The number of hydrogen-bond acceptors (Lipinski definition) is 5. The number of nitrogens with zero attached hydrogens (tertiary/aromatic N) is 1. The molecule has 0 unspecified atom stereocenters. The summed E-state index contributed by atoms with van der Waals surface area (Å²) in [7, 11) is 1.71. The first-order chi connectivity index (χ1) is 5.54. The van der Waals surface area contributed by atoms with Crippen molar-refractivity contribution in [1.29, 1.82) is 0 Å². The van der Waals surface area contributed by atoms with E-state index in [0.29, 0.717) is 13.2 Å². The van der Waals surface area contributed by atoms with E-state index in [-0.39, 0.29) is 5.97 Å². The second kappa shape index (κ2) is 9.63. The van der Waals surface area contributed by atoms with Gasteiger partial charge in [-0.05, 0) is 14.0 Å². The van der Waals surface area contributed by atoms with Gasteiger partial charge in [-0.15, -0.1) is 10.1 Å². The van der Waals surface area contributed by atoms with Gasteiger partial charge in [-0.1, -0.05) is 0 Å². The van der Waals surface area contributed by atoms with Crippen LogP contribution in [-0.4, -0.2) is 36.5 Å². The Hall–Kier alpha value is -1.37. The molecule has 0 fully saturated rings. The van der Waals surface area contributed by atoms with Crippen LogP contribution in [0.25, 0.3) is 0 Å². The number of rotatable bonds is 3. The van der Waals surface area contributed by atoms with E-state index in [0.717, 1.165) is 0 Å². The molecule has 0 aromatic rings. The van der Waals surface area contributed by atoms with Crippen LogP contribution in [0.1, 0.15) is 6.92 Å². The molecule has 0 aromatic carbocycles. The molecule has 0 radical (unpaired) electrons. The van der Waals surface area contributed by atoms with Crippen molar-refractivity contribution in [3.8, 4) is 0 Å². The van der Waals surface area contributed by atoms with E-state index in [4.69, 9.17) is 15.3 Å². The minimum absolute atomic E-state index is 0.199. The van der Waals surface area contributed by atoms with Crippen molar-refractivity contribution in [3.05, 3.63) is 10.1 Å². The maximum Gasteiger partial charge on any atom is 0.319 e. The van der Waals surface area contributed by atoms with Crippen LogP contribution >= 0.6 is 0 Å². The van der Waals surface area contributed by atoms with Gasteiger partial charge in [-0.2, -0.15) is 0 Å². The topological polar surface area (TPSA) is 102 Å². The van der Waals surface area contributed by atoms with Gasteiger partial charge >= 0.3 is 5.97 Å². The SMILES string of the molecule is CCOC(=O)CNC.O=[N+]([O-])O. The van der Waals surface area contributed by atoms with Crippen LogP contribution in [0, 0.1) is 10.1 Å². The molecule has 0 atom stereocenters. The summed E-state index contributed by atoms with van der Waals surface area (Å²) in [6.45, 7) is 2.54. The molecular formula is C5H12N2O5. The van der Waals surface area contributed by atoms with Gasteiger partial charge in [0.2, 0.25) is 0 Å². The monoisotopic (exact) mass is 180 g/mol. The highest BCUT2D eigenvalue weighted by atomic mass is 16.9. The predicted octanol–water partition coefficient (Wildman–Crippen LogP) is -0.579. The molecule has 72 valence electrons. The van der Waals surface area contributed by atoms with Crippen molar-refractivity contribution in [2.75, 3.05) is 20.2 Å². The van der Waals surface area contributed by atoms with Crippen molar-refractivity contribution in [2.24, 2.45) is 0 Å². The van der Waals surface area contributed by atoms with Crippen molar-refractivity contribution in [3.63, 3.8) is 0 Å². The zero-order valence-electron chi connectivity index (χ0n) is 6.94. The molecular weight excluding hydrogens is 168 g/mol. The summed E-state index contributed by atoms with van der Waals surface area (Å²) in [4.78, 5) is 18.7. The van der Waals surface area contributed by atoms with Crippen LogP contribution in [0.5, 0.6) is 0 Å². The quantitative estimate of drug-likeness (QED) is 0.342. The largest absolute Gasteiger partial charge is 0.465 e. The first-order valence-electron chi connectivity index (χ1n) is 3.18. The van der Waals surface area contributed by atoms with Gasteiger partial charge in [0.1, 0.15) is 0 Å². The van der Waals surface area contributed by atoms with Crippen LogP contribution in [-0.2, 0) is 9.53 Å². The Bertz CT molecular complexity index is 126. The molecule has 0 heterocycles. The number of hydrogen-bond donors (Lipinski definition) is 2. The van der Waals surface area contributed by atoms with Crippen LogP contribution in [0.2, 0.25) is 0 Å². The highest BCUT2D eigenvalue weighted by molar-refractivity contribution is 5.71. The number of likely N-dealkylation sites (N-methyl/N-ethyl adjacent to an activating group) is 1. The number of carbonyl (C=O) groups is 1. The molecule has 0 spiro atoms. The van der Waals surface area contributed by atoms with E-state index in [1.54, 1.807) is 14.0 Å². The fourth-order valence-corrected chi connectivity index (χ4v) is 0.356. The maximum atomic E-state index is 10.4. The molecule has 7 heteroatoms. The lowest BCUT2D eigenvalue weighted by atomic mass is 10.6. The van der Waals surface area contributed by atoms with Crippen molar-refractivity contribution in [1.82, 2.24) is 5.32 Å². The number of esters is 1. The highest BCUT2D eigenvalue weighted by Gasteiger charge is 1.94. The summed E-state index contributed by atoms with van der Waals surface area (Å²) in [5.41, 5.74) is 0. The Kier molecular flexibility index (Phi) is 10.6. The molecule has 12 heavy (non-hydrogen) atoms. The Balaban J connectivity index is 0. The lowest BCUT2D eigenvalue weighted by molar-refractivity contribution is -0.742. The standard InChI is InChI=1S/C5H11NO2.HNO3/c1-3-8-5(7)4-6-2;2-1(3)4/h6H,3-4H2,1-2H3;(H,2,3,4). The smallest absolute Gasteiger partial charge is 0.319 e. The van der Waals surface area contributed by atoms with Crippen molar-refractivity contribution in [2.45, 2.75) is 6.92 Å². The summed E-state index contributed by atoms with van der Waals surface area (Å²) in [5.74, 6) is -0.199. The molecule has 0 saturated heterocycles. The Morgan fingerprint density at radius 2 is 2.17 bits per heavy atom. The van der Waals surface area contributed by atoms with Gasteiger partial charge in [-0.3, -0.25) is 4.79 Å². The average molecular weight is 180 g/mol. The van der Waals surface area contributed by atoms with Crippen LogP contribution in [0.3, 0.4) is 0 Å². The van der Waals surface area contributed by atoms with Gasteiger partial charge in [0, 0.05) is 0 Å². The summed E-state index contributed by atoms with van der Waals surface area (Å²) in [6.07, 6.45) is 0. The Labute approximate surface area is 69.4 Å². The fourth-order valence-electron chi connectivity index (χ4n) is 0.356. The van der Waals surface area contributed by atoms with Gasteiger partial charge in [0.15, 0.2) is 0 Å². The van der Waals surface area contributed by atoms with E-state index in [2.05, 4.69) is 10.1 Å². The second-order valence-electron chi connectivity index (χ2n) is 1.57. The molecule has 0 aliphatic heterocycles. The summed E-state index contributed by atoms with van der Waals surface area (Å²) in [6, 6.07) is 0. The van der Waals surface area contributed by atoms with E-state index in [1.807, 2.05) is 0 Å². The average Bonchev–Trinajstić information content (AvgIpc) is 1.87. The first kappa shape index (κ1) is 13.2. The summed E-state index contributed by atoms with van der Waals surface area (Å²) in [5, 5.41) is 16.3. The van der Waals surface area contributed by atoms with Crippen molar-refractivity contribution >= 4 is 5.97 Å². The highest BCUT2D eigenvalue weighted by Crippen LogP contribution is 1.72. The molecule has 0 aromatic heterocycles. The summed E-state index contributed by atoms with van der Waals surface area (Å²) < 4.78 is 4.58. The molecule has 0 bridgehead atoms. The van der Waals surface area contributed by atoms with Gasteiger partial charge in [0.05, 0.1) is 13.2 Å². The van der Waals surface area contributed by atoms with Gasteiger partial charge < -0.3 is 15.3 Å². The Morgan fingerprint density at radius 3 is 2.42 bits per heavy atom. The number of nitrogens with one attached hydrogen (secondary N) is 1. The third-order valence-corrected chi connectivity index (χ3v) is 0.626. The minimum Gasteiger partial charge on any atom is -0.465 e. The number of carbonyl (C=O) groups excluding carboxylic acids is 1. The first-order valence-corrected chi connectivity index (χ1v) is 3.18. The zero-order chi connectivity index (χ0) is 9.98. The molecule has 0 amide bonds. The molecule has 0 aliphatic carbocycles. The van der Waals surface area contributed by atoms with Gasteiger partial charge in [0.25, 0.3) is 5.09 Å². The third kappa shape index (κ3) is 23.4. The summed E-state index contributed by atoms with van der Waals surface area (Å²) >= 11 is 0. The van der Waals surface area contributed by atoms with Gasteiger partial charge in [-0.25, -0.2) is 0 Å². The maximum absolute atomic E-state index is 10.4. The van der Waals surface area contributed by atoms with Crippen molar-refractivity contribution < 1.29 is 19.8 Å². The lowest BCUT2D eigenvalue weighted by Gasteiger charge is -1.97. The van der Waals surface area contributed by atoms with Crippen LogP contribution in [0.15, 0.2) is 0 Å². The molecule has 0 aliphatic rings. The lowest BCUT2D eigenvalue weighted by Crippen LogP contribution is -2.20. The Morgan fingerprint density at radius 1 is 1.75 bits per heavy atom. The van der Waals surface area contributed by atoms with Crippen LogP contribution < -0.4 is 5.32 Å². The number of ether oxygens (including phenoxy) is 1. The second-order valence-corrected chi connectivity index (χ2v) is 1.57. The fraction of sp³-hybridized carbons (Fsp3) is 0.800. The zero-order valence-corrected chi connectivity index (χ0v) is 6.94. The predicted molar refractivity (Wildman–Crippen MR) is 39.3 cm³/mol. The van der Waals surface area contributed by atoms with Crippen LogP contribution in [0.4, 0.5) is 0 Å². The van der Waals surface area contributed by atoms with E-state index >= 15 is 0 Å². The van der Waals surface area contributed by atoms with E-state index < -0.39 is 5.09 Å². The molecule has 7 nitrogen and oxygen atoms in total. The minimum atomic E-state index is -1.50. The van der Waals surface area contributed by atoms with E-state index in [9.17, 15) is 4.79 Å². The third-order valence-electron chi connectivity index (χ3n) is 0.626. The molecule has 0 rings (SSSR count).